The average Bonchev–Trinajstić information content (AvgIpc) is 3.32. The molecule has 1 unspecified atom stereocenters. The number of hydrogen-bond donors (Lipinski definition) is 1. The molecule has 25 heavy (non-hydrogen) atoms. The van der Waals surface area contributed by atoms with Crippen LogP contribution >= 0.6 is 0 Å². The Bertz CT molecular complexity index is 655. The number of hydrogen-bond acceptors (Lipinski definition) is 7. The Hall–Kier alpha value is -2.45. The number of amides is 1. The molecule has 1 aliphatic rings. The van der Waals surface area contributed by atoms with Gasteiger partial charge in [-0.25, -0.2) is 4.98 Å². The Morgan fingerprint density at radius 2 is 2.40 bits per heavy atom. The first kappa shape index (κ1) is 17.4. The number of nitrogens with one attached hydrogen (secondary N) is 1. The van der Waals surface area contributed by atoms with Crippen molar-refractivity contribution >= 4 is 11.9 Å². The molecule has 0 aromatic carbocycles. The summed E-state index contributed by atoms with van der Waals surface area (Å²) in [4.78, 5) is 22.4. The van der Waals surface area contributed by atoms with E-state index in [1.807, 2.05) is 6.92 Å². The van der Waals surface area contributed by atoms with Crippen molar-refractivity contribution in [2.45, 2.75) is 45.6 Å². The molecule has 9 nitrogen and oxygen atoms in total. The van der Waals surface area contributed by atoms with Crippen molar-refractivity contribution in [1.82, 2.24) is 30.2 Å². The van der Waals surface area contributed by atoms with Crippen molar-refractivity contribution in [3.8, 4) is 0 Å². The van der Waals surface area contributed by atoms with Crippen LogP contribution < -0.4 is 10.2 Å². The van der Waals surface area contributed by atoms with Crippen LogP contribution in [-0.2, 0) is 17.8 Å². The lowest BCUT2D eigenvalue weighted by Crippen LogP contribution is -2.41. The fourth-order valence-electron chi connectivity index (χ4n) is 3.03. The first-order valence-electron chi connectivity index (χ1n) is 8.91. The molecule has 2 aromatic heterocycles. The Labute approximate surface area is 146 Å². The van der Waals surface area contributed by atoms with Gasteiger partial charge in [0.25, 0.3) is 5.95 Å². The van der Waals surface area contributed by atoms with Gasteiger partial charge >= 0.3 is 0 Å². The van der Waals surface area contributed by atoms with Crippen molar-refractivity contribution in [2.75, 3.05) is 24.5 Å². The summed E-state index contributed by atoms with van der Waals surface area (Å²) >= 11 is 0. The van der Waals surface area contributed by atoms with Gasteiger partial charge in [-0.2, -0.15) is 10.1 Å². The number of nitrogens with zero attached hydrogens (tertiary/aromatic N) is 6. The highest BCUT2D eigenvalue weighted by Crippen LogP contribution is 2.20. The lowest BCUT2D eigenvalue weighted by atomic mass is 9.98. The van der Waals surface area contributed by atoms with Crippen molar-refractivity contribution in [3.05, 3.63) is 18.5 Å². The quantitative estimate of drug-likeness (QED) is 0.761. The maximum atomic E-state index is 12.0. The van der Waals surface area contributed by atoms with E-state index >= 15 is 0 Å². The van der Waals surface area contributed by atoms with Crippen molar-refractivity contribution < 1.29 is 9.32 Å². The molecule has 0 saturated carbocycles. The molecule has 1 amide bonds. The maximum absolute atomic E-state index is 12.0. The first-order valence-corrected chi connectivity index (χ1v) is 8.91. The molecule has 0 spiro atoms. The predicted octanol–water partition coefficient (Wildman–Crippen LogP) is 1.04. The Balaban J connectivity index is 1.38. The fourth-order valence-corrected chi connectivity index (χ4v) is 3.03. The largest absolute Gasteiger partial charge is 0.356 e. The van der Waals surface area contributed by atoms with Crippen molar-refractivity contribution in [3.63, 3.8) is 0 Å². The molecular formula is C16H25N7O2. The number of carbonyl (C=O) groups excluding carboxylic acids is 1. The van der Waals surface area contributed by atoms with E-state index in [1.54, 1.807) is 11.0 Å². The molecule has 1 saturated heterocycles. The lowest BCUT2D eigenvalue weighted by molar-refractivity contribution is -0.121. The second kappa shape index (κ2) is 8.59. The Kier molecular flexibility index (Phi) is 5.97. The molecule has 0 bridgehead atoms. The highest BCUT2D eigenvalue weighted by molar-refractivity contribution is 5.75. The Morgan fingerprint density at radius 1 is 1.48 bits per heavy atom. The van der Waals surface area contributed by atoms with Gasteiger partial charge in [-0.3, -0.25) is 9.48 Å². The van der Waals surface area contributed by atoms with Gasteiger partial charge in [-0.1, -0.05) is 6.92 Å². The fraction of sp³-hybridized carbons (Fsp3) is 0.688. The lowest BCUT2D eigenvalue weighted by Gasteiger charge is -2.31. The van der Waals surface area contributed by atoms with Crippen LogP contribution in [0.15, 0.2) is 17.2 Å². The molecule has 1 atom stereocenters. The molecule has 136 valence electrons. The summed E-state index contributed by atoms with van der Waals surface area (Å²) in [6, 6.07) is 0. The summed E-state index contributed by atoms with van der Waals surface area (Å²) in [5, 5.41) is 11.1. The normalized spacial score (nSPS) is 17.6. The predicted molar refractivity (Wildman–Crippen MR) is 90.9 cm³/mol. The highest BCUT2D eigenvalue weighted by Gasteiger charge is 2.23. The molecule has 0 radical (unpaired) electrons. The zero-order chi connectivity index (χ0) is 17.5. The second-order valence-corrected chi connectivity index (χ2v) is 6.36. The number of anilines is 1. The number of aromatic nitrogens is 5. The summed E-state index contributed by atoms with van der Waals surface area (Å²) in [6.45, 7) is 5.18. The minimum atomic E-state index is 0.0880. The average molecular weight is 347 g/mol. The molecule has 1 N–H and O–H groups in total. The molecule has 1 aliphatic heterocycles. The number of rotatable bonds is 8. The topological polar surface area (TPSA) is 102 Å². The standard InChI is InChI=1S/C16H25N7O2/c1-2-15-20-16(21-25-15)22-7-3-5-13(10-22)9-18-14(24)6-4-8-23-12-17-11-19-23/h11-13H,2-10H2,1H3,(H,18,24). The van der Waals surface area contributed by atoms with Crippen LogP contribution in [0.2, 0.25) is 0 Å². The van der Waals surface area contributed by atoms with Crippen LogP contribution in [0.4, 0.5) is 5.95 Å². The minimum absolute atomic E-state index is 0.0880. The molecule has 2 aromatic rings. The molecule has 0 aliphatic carbocycles. The molecule has 9 heteroatoms. The number of piperidine rings is 1. The molecule has 3 rings (SSSR count). The number of aryl methyl sites for hydroxylation is 2. The Morgan fingerprint density at radius 3 is 3.16 bits per heavy atom. The monoisotopic (exact) mass is 347 g/mol. The zero-order valence-electron chi connectivity index (χ0n) is 14.6. The summed E-state index contributed by atoms with van der Waals surface area (Å²) < 4.78 is 6.93. The van der Waals surface area contributed by atoms with E-state index in [0.717, 1.165) is 38.8 Å². The molecule has 3 heterocycles. The third-order valence-corrected chi connectivity index (χ3v) is 4.41. The maximum Gasteiger partial charge on any atom is 0.266 e. The molecule has 1 fully saturated rings. The third-order valence-electron chi connectivity index (χ3n) is 4.41. The number of carbonyl (C=O) groups is 1. The van der Waals surface area contributed by atoms with Crippen molar-refractivity contribution in [2.24, 2.45) is 5.92 Å². The van der Waals surface area contributed by atoms with E-state index in [9.17, 15) is 4.79 Å². The summed E-state index contributed by atoms with van der Waals surface area (Å²) in [6.07, 6.45) is 7.35. The summed E-state index contributed by atoms with van der Waals surface area (Å²) in [7, 11) is 0. The van der Waals surface area contributed by atoms with E-state index in [2.05, 4.69) is 30.4 Å². The van der Waals surface area contributed by atoms with Gasteiger partial charge in [-0.05, 0) is 30.3 Å². The van der Waals surface area contributed by atoms with E-state index in [1.165, 1.54) is 6.33 Å². The highest BCUT2D eigenvalue weighted by atomic mass is 16.5. The van der Waals surface area contributed by atoms with Crippen LogP contribution in [0, 0.1) is 5.92 Å². The zero-order valence-corrected chi connectivity index (χ0v) is 14.6. The SMILES string of the molecule is CCc1nc(N2CCCC(CNC(=O)CCCn3cncn3)C2)no1. The smallest absolute Gasteiger partial charge is 0.266 e. The van der Waals surface area contributed by atoms with Crippen molar-refractivity contribution in [1.29, 1.82) is 0 Å². The van der Waals surface area contributed by atoms with E-state index in [4.69, 9.17) is 4.52 Å². The van der Waals surface area contributed by atoms with Crippen LogP contribution in [-0.4, -0.2) is 50.4 Å². The third kappa shape index (κ3) is 5.01. The minimum Gasteiger partial charge on any atom is -0.356 e. The van der Waals surface area contributed by atoms with Gasteiger partial charge in [0.15, 0.2) is 0 Å². The van der Waals surface area contributed by atoms with Gasteiger partial charge in [-0.15, -0.1) is 0 Å². The second-order valence-electron chi connectivity index (χ2n) is 6.36. The van der Waals surface area contributed by atoms with Gasteiger partial charge in [0.05, 0.1) is 0 Å². The van der Waals surface area contributed by atoms with Crippen LogP contribution in [0.1, 0.15) is 38.5 Å². The molecular weight excluding hydrogens is 322 g/mol. The van der Waals surface area contributed by atoms with E-state index in [0.29, 0.717) is 37.3 Å². The van der Waals surface area contributed by atoms with Gasteiger partial charge < -0.3 is 14.7 Å². The van der Waals surface area contributed by atoms with E-state index in [-0.39, 0.29) is 5.91 Å². The van der Waals surface area contributed by atoms with Crippen LogP contribution in [0.25, 0.3) is 0 Å². The first-order chi connectivity index (χ1) is 12.2. The van der Waals surface area contributed by atoms with Crippen LogP contribution in [0.3, 0.4) is 0 Å². The van der Waals surface area contributed by atoms with Crippen LogP contribution in [0.5, 0.6) is 0 Å². The van der Waals surface area contributed by atoms with Gasteiger partial charge in [0, 0.05) is 39.0 Å². The van der Waals surface area contributed by atoms with E-state index < -0.39 is 0 Å². The summed E-state index contributed by atoms with van der Waals surface area (Å²) in [5.41, 5.74) is 0. The van der Waals surface area contributed by atoms with Gasteiger partial charge in [0.2, 0.25) is 11.8 Å². The van der Waals surface area contributed by atoms with Gasteiger partial charge in [0.1, 0.15) is 12.7 Å². The summed E-state index contributed by atoms with van der Waals surface area (Å²) in [5.74, 6) is 1.83.